The average molecular weight is 333 g/mol. The van der Waals surface area contributed by atoms with Crippen LogP contribution in [0.5, 0.6) is 0 Å². The number of nitrogens with one attached hydrogen (secondary N) is 2. The Morgan fingerprint density at radius 3 is 2.74 bits per heavy atom. The van der Waals surface area contributed by atoms with Gasteiger partial charge >= 0.3 is 5.97 Å². The van der Waals surface area contributed by atoms with Gasteiger partial charge in [0, 0.05) is 24.1 Å². The summed E-state index contributed by atoms with van der Waals surface area (Å²) in [5, 5.41) is 14.1. The lowest BCUT2D eigenvalue weighted by Gasteiger charge is -2.06. The Bertz CT molecular complexity index is 992. The number of nitrogens with zero attached hydrogens (tertiary/aromatic N) is 2. The molecular weight excluding hydrogens is 324 g/mol. The van der Waals surface area contributed by atoms with Gasteiger partial charge in [-0.05, 0) is 18.2 Å². The maximum atomic E-state index is 12.3. The van der Waals surface area contributed by atoms with Gasteiger partial charge in [0.05, 0.1) is 10.6 Å². The number of hydrogen-bond acceptors (Lipinski definition) is 4. The third kappa shape index (κ3) is 2.67. The fourth-order valence-corrected chi connectivity index (χ4v) is 2.31. The topological polar surface area (TPSA) is 117 Å². The van der Waals surface area contributed by atoms with E-state index in [2.05, 4.69) is 15.4 Å². The van der Waals surface area contributed by atoms with Crippen LogP contribution < -0.4 is 10.9 Å². The quantitative estimate of drug-likeness (QED) is 0.674. The van der Waals surface area contributed by atoms with E-state index in [4.69, 9.17) is 16.7 Å². The number of anilines is 1. The number of carbonyl (C=O) groups is 2. The van der Waals surface area contributed by atoms with Gasteiger partial charge in [0.15, 0.2) is 5.65 Å². The molecule has 3 rings (SSSR count). The first-order valence-electron chi connectivity index (χ1n) is 6.36. The Labute approximate surface area is 133 Å². The molecule has 1 amide bonds. The minimum Gasteiger partial charge on any atom is -0.478 e. The summed E-state index contributed by atoms with van der Waals surface area (Å²) in [7, 11) is 0. The molecule has 9 heteroatoms. The monoisotopic (exact) mass is 332 g/mol. The molecule has 8 nitrogen and oxygen atoms in total. The Morgan fingerprint density at radius 2 is 2.04 bits per heavy atom. The Hall–Kier alpha value is -3.13. The summed E-state index contributed by atoms with van der Waals surface area (Å²) in [6.45, 7) is 0. The van der Waals surface area contributed by atoms with Crippen LogP contribution in [0.3, 0.4) is 0 Å². The second-order valence-electron chi connectivity index (χ2n) is 4.58. The summed E-state index contributed by atoms with van der Waals surface area (Å²) in [6.07, 6.45) is 2.66. The molecular formula is C14H9ClN4O4. The van der Waals surface area contributed by atoms with E-state index >= 15 is 0 Å². The van der Waals surface area contributed by atoms with Crippen molar-refractivity contribution in [2.45, 2.75) is 0 Å². The van der Waals surface area contributed by atoms with E-state index in [1.165, 1.54) is 36.7 Å². The number of carbonyl (C=O) groups excluding carboxylic acids is 1. The summed E-state index contributed by atoms with van der Waals surface area (Å²) in [6, 6.07) is 5.30. The SMILES string of the molecule is O=C(O)c1ccc(NC(=O)c2c[nH]n3c(=O)ccnc23)cc1Cl. The fourth-order valence-electron chi connectivity index (χ4n) is 2.05. The zero-order valence-corrected chi connectivity index (χ0v) is 12.2. The van der Waals surface area contributed by atoms with Crippen LogP contribution in [0.15, 0.2) is 41.5 Å². The average Bonchev–Trinajstić information content (AvgIpc) is 2.92. The Kier molecular flexibility index (Phi) is 3.59. The molecule has 0 aliphatic heterocycles. The van der Waals surface area contributed by atoms with Crippen molar-refractivity contribution in [3.8, 4) is 0 Å². The summed E-state index contributed by atoms with van der Waals surface area (Å²) in [5.74, 6) is -1.67. The van der Waals surface area contributed by atoms with Crippen LogP contribution in [-0.4, -0.2) is 31.6 Å². The van der Waals surface area contributed by atoms with Crippen LogP contribution in [0.2, 0.25) is 5.02 Å². The van der Waals surface area contributed by atoms with E-state index in [0.717, 1.165) is 4.52 Å². The van der Waals surface area contributed by atoms with Crippen molar-refractivity contribution in [3.05, 3.63) is 63.2 Å². The molecule has 3 N–H and O–H groups in total. The first-order valence-corrected chi connectivity index (χ1v) is 6.74. The highest BCUT2D eigenvalue weighted by Crippen LogP contribution is 2.21. The van der Waals surface area contributed by atoms with Crippen molar-refractivity contribution in [2.24, 2.45) is 0 Å². The second-order valence-corrected chi connectivity index (χ2v) is 4.99. The van der Waals surface area contributed by atoms with Crippen LogP contribution in [0, 0.1) is 0 Å². The first-order chi connectivity index (χ1) is 11.0. The van der Waals surface area contributed by atoms with Crippen LogP contribution in [0.1, 0.15) is 20.7 Å². The largest absolute Gasteiger partial charge is 0.478 e. The molecule has 116 valence electrons. The van der Waals surface area contributed by atoms with Gasteiger partial charge in [-0.1, -0.05) is 11.6 Å². The summed E-state index contributed by atoms with van der Waals surface area (Å²) in [4.78, 5) is 38.8. The van der Waals surface area contributed by atoms with Gasteiger partial charge < -0.3 is 10.4 Å². The number of benzene rings is 1. The second kappa shape index (κ2) is 5.58. The molecule has 0 radical (unpaired) electrons. The van der Waals surface area contributed by atoms with Crippen molar-refractivity contribution >= 4 is 34.8 Å². The fraction of sp³-hybridized carbons (Fsp3) is 0. The number of carboxylic acid groups (broad SMARTS) is 1. The Balaban J connectivity index is 1.92. The number of hydrogen-bond donors (Lipinski definition) is 3. The molecule has 0 aliphatic rings. The van der Waals surface area contributed by atoms with Gasteiger partial charge in [-0.3, -0.25) is 14.7 Å². The minimum absolute atomic E-state index is 0.00331. The zero-order valence-electron chi connectivity index (χ0n) is 11.4. The standard InChI is InChI=1S/C14H9ClN4O4/c15-10-5-7(1-2-8(10)14(22)23)18-13(21)9-6-17-19-11(20)3-4-16-12(9)19/h1-6,17H,(H,18,21)(H,22,23). The third-order valence-electron chi connectivity index (χ3n) is 3.13. The summed E-state index contributed by atoms with van der Waals surface area (Å²) in [5.41, 5.74) is 0.264. The lowest BCUT2D eigenvalue weighted by atomic mass is 10.2. The van der Waals surface area contributed by atoms with Gasteiger partial charge in [-0.2, -0.15) is 0 Å². The highest BCUT2D eigenvalue weighted by molar-refractivity contribution is 6.33. The molecule has 0 aliphatic carbocycles. The number of rotatable bonds is 3. The molecule has 0 atom stereocenters. The molecule has 0 fully saturated rings. The van der Waals surface area contributed by atoms with Crippen molar-refractivity contribution < 1.29 is 14.7 Å². The molecule has 0 saturated heterocycles. The smallest absolute Gasteiger partial charge is 0.337 e. The molecule has 1 aromatic carbocycles. The molecule has 23 heavy (non-hydrogen) atoms. The maximum absolute atomic E-state index is 12.3. The Morgan fingerprint density at radius 1 is 1.26 bits per heavy atom. The first kappa shape index (κ1) is 14.8. The molecule has 0 unspecified atom stereocenters. The van der Waals surface area contributed by atoms with E-state index < -0.39 is 11.9 Å². The molecule has 0 saturated carbocycles. The number of aromatic amines is 1. The van der Waals surface area contributed by atoms with E-state index in [9.17, 15) is 14.4 Å². The van der Waals surface area contributed by atoms with Crippen molar-refractivity contribution in [2.75, 3.05) is 5.32 Å². The van der Waals surface area contributed by atoms with Gasteiger partial charge in [0.1, 0.15) is 5.56 Å². The van der Waals surface area contributed by atoms with Crippen LogP contribution in [0.4, 0.5) is 5.69 Å². The minimum atomic E-state index is -1.16. The van der Waals surface area contributed by atoms with Gasteiger partial charge in [-0.25, -0.2) is 14.3 Å². The zero-order chi connectivity index (χ0) is 16.6. The number of halogens is 1. The lowest BCUT2D eigenvalue weighted by molar-refractivity contribution is 0.0697. The van der Waals surface area contributed by atoms with E-state index in [-0.39, 0.29) is 27.4 Å². The molecule has 0 bridgehead atoms. The van der Waals surface area contributed by atoms with Gasteiger partial charge in [0.25, 0.3) is 11.5 Å². The number of aromatic carboxylic acids is 1. The van der Waals surface area contributed by atoms with E-state index in [1.807, 2.05) is 0 Å². The van der Waals surface area contributed by atoms with Crippen LogP contribution in [-0.2, 0) is 0 Å². The lowest BCUT2D eigenvalue weighted by Crippen LogP contribution is -2.15. The number of carboxylic acids is 1. The van der Waals surface area contributed by atoms with Crippen molar-refractivity contribution in [1.29, 1.82) is 0 Å². The maximum Gasteiger partial charge on any atom is 0.337 e. The predicted octanol–water partition coefficient (Wildman–Crippen LogP) is 1.63. The predicted molar refractivity (Wildman–Crippen MR) is 82.2 cm³/mol. The van der Waals surface area contributed by atoms with E-state index in [1.54, 1.807) is 0 Å². The number of aromatic nitrogens is 3. The highest BCUT2D eigenvalue weighted by Gasteiger charge is 2.15. The molecule has 3 aromatic rings. The number of amides is 1. The van der Waals surface area contributed by atoms with E-state index in [0.29, 0.717) is 5.69 Å². The summed E-state index contributed by atoms with van der Waals surface area (Å²) < 4.78 is 1.13. The number of H-pyrrole nitrogens is 1. The van der Waals surface area contributed by atoms with Gasteiger partial charge in [-0.15, -0.1) is 0 Å². The third-order valence-corrected chi connectivity index (χ3v) is 3.44. The van der Waals surface area contributed by atoms with Gasteiger partial charge in [0.2, 0.25) is 0 Å². The van der Waals surface area contributed by atoms with Crippen molar-refractivity contribution in [3.63, 3.8) is 0 Å². The summed E-state index contributed by atoms with van der Waals surface area (Å²) >= 11 is 5.85. The van der Waals surface area contributed by atoms with Crippen molar-refractivity contribution in [1.82, 2.24) is 14.6 Å². The molecule has 0 spiro atoms. The highest BCUT2D eigenvalue weighted by atomic mass is 35.5. The van der Waals surface area contributed by atoms with Crippen LogP contribution in [0.25, 0.3) is 5.65 Å². The molecule has 2 heterocycles. The molecule has 2 aromatic heterocycles. The number of fused-ring (bicyclic) bond motifs is 1. The normalized spacial score (nSPS) is 10.7. The van der Waals surface area contributed by atoms with Crippen LogP contribution >= 0.6 is 11.6 Å².